The Hall–Kier alpha value is -2.04. The quantitative estimate of drug-likeness (QED) is 0.689. The van der Waals surface area contributed by atoms with Crippen molar-refractivity contribution >= 4 is 17.2 Å². The summed E-state index contributed by atoms with van der Waals surface area (Å²) < 4.78 is 25.7. The van der Waals surface area contributed by atoms with E-state index in [9.17, 15) is 13.6 Å². The molecule has 0 spiro atoms. The molecule has 2 N–H and O–H groups in total. The van der Waals surface area contributed by atoms with Gasteiger partial charge in [-0.05, 0) is 6.07 Å². The minimum absolute atomic E-state index is 0.105. The minimum Gasteiger partial charge on any atom is -0.360 e. The number of aromatic nitrogens is 1. The predicted molar refractivity (Wildman–Crippen MR) is 49.5 cm³/mol. The molecule has 3 nitrogen and oxygen atoms in total. The van der Waals surface area contributed by atoms with E-state index in [2.05, 4.69) is 4.98 Å². The third-order valence-electron chi connectivity index (χ3n) is 2.13. The summed E-state index contributed by atoms with van der Waals surface area (Å²) in [6.07, 6.45) is 1.77. The fraction of sp³-hybridized carbons (Fsp3) is 0. The number of rotatable bonds is 1. The lowest BCUT2D eigenvalue weighted by atomic mass is 10.1. The van der Waals surface area contributed by atoms with Gasteiger partial charge >= 0.3 is 0 Å². The molecule has 1 aromatic carbocycles. The summed E-state index contributed by atoms with van der Waals surface area (Å²) in [5.41, 5.74) is 0.387. The van der Waals surface area contributed by atoms with Crippen molar-refractivity contribution in [1.29, 1.82) is 5.41 Å². The lowest BCUT2D eigenvalue weighted by Gasteiger charge is -2.01. The average Bonchev–Trinajstić information content (AvgIpc) is 2.22. The van der Waals surface area contributed by atoms with Gasteiger partial charge in [-0.2, -0.15) is 0 Å². The van der Waals surface area contributed by atoms with E-state index in [0.717, 1.165) is 12.1 Å². The van der Waals surface area contributed by atoms with Gasteiger partial charge < -0.3 is 4.98 Å². The van der Waals surface area contributed by atoms with Crippen LogP contribution in [0.25, 0.3) is 10.9 Å². The van der Waals surface area contributed by atoms with Crippen LogP contribution in [0.3, 0.4) is 0 Å². The molecule has 2 aromatic rings. The van der Waals surface area contributed by atoms with E-state index < -0.39 is 11.6 Å². The number of H-pyrrole nitrogens is 1. The Morgan fingerprint density at radius 1 is 1.27 bits per heavy atom. The highest BCUT2D eigenvalue weighted by Crippen LogP contribution is 2.13. The molecular formula is C10H6F2N2O. The number of halogens is 2. The summed E-state index contributed by atoms with van der Waals surface area (Å²) in [5, 5.41) is 7.63. The largest absolute Gasteiger partial charge is 0.360 e. The predicted octanol–water partition coefficient (Wildman–Crippen LogP) is 1.74. The first-order valence-corrected chi connectivity index (χ1v) is 4.13. The van der Waals surface area contributed by atoms with Crippen molar-refractivity contribution in [2.75, 3.05) is 0 Å². The molecule has 0 aliphatic carbocycles. The van der Waals surface area contributed by atoms with Crippen molar-refractivity contribution in [3.63, 3.8) is 0 Å². The molecule has 1 heterocycles. The van der Waals surface area contributed by atoms with Crippen LogP contribution in [0.2, 0.25) is 0 Å². The molecule has 0 bridgehead atoms. The zero-order valence-corrected chi connectivity index (χ0v) is 7.47. The van der Waals surface area contributed by atoms with Crippen molar-refractivity contribution in [1.82, 2.24) is 4.98 Å². The number of carbonyl (C=O) groups excluding carboxylic acids is 1. The van der Waals surface area contributed by atoms with E-state index in [-0.39, 0.29) is 21.8 Å². The monoisotopic (exact) mass is 208 g/mol. The van der Waals surface area contributed by atoms with Crippen LogP contribution in [-0.2, 0) is 0 Å². The standard InChI is InChI=1S/C10H6F2N2O/c11-7-1-6-9(2-8(7)12)14-3-5(4-15)10(6)13/h1-4H,(H2,13,14). The van der Waals surface area contributed by atoms with Crippen LogP contribution < -0.4 is 5.36 Å². The normalized spacial score (nSPS) is 10.5. The second-order valence-electron chi connectivity index (χ2n) is 3.05. The topological polar surface area (TPSA) is 56.7 Å². The number of pyridine rings is 1. The third kappa shape index (κ3) is 1.41. The van der Waals surface area contributed by atoms with Crippen LogP contribution >= 0.6 is 0 Å². The van der Waals surface area contributed by atoms with Gasteiger partial charge in [0, 0.05) is 17.6 Å². The zero-order valence-electron chi connectivity index (χ0n) is 7.47. The van der Waals surface area contributed by atoms with Gasteiger partial charge in [0.2, 0.25) is 0 Å². The first-order chi connectivity index (χ1) is 7.13. The van der Waals surface area contributed by atoms with Gasteiger partial charge in [-0.15, -0.1) is 0 Å². The van der Waals surface area contributed by atoms with Crippen molar-refractivity contribution in [2.45, 2.75) is 0 Å². The van der Waals surface area contributed by atoms with Crippen LogP contribution in [0.15, 0.2) is 18.3 Å². The Morgan fingerprint density at radius 3 is 2.60 bits per heavy atom. The SMILES string of the molecule is N=c1c(C=O)c[nH]c2cc(F)c(F)cc12. The third-order valence-corrected chi connectivity index (χ3v) is 2.13. The van der Waals surface area contributed by atoms with Gasteiger partial charge in [-0.25, -0.2) is 8.78 Å². The van der Waals surface area contributed by atoms with Gasteiger partial charge in [-0.1, -0.05) is 0 Å². The first-order valence-electron chi connectivity index (χ1n) is 4.13. The average molecular weight is 208 g/mol. The molecule has 1 aromatic heterocycles. The van der Waals surface area contributed by atoms with Crippen molar-refractivity contribution < 1.29 is 13.6 Å². The summed E-state index contributed by atoms with van der Waals surface area (Å²) in [6, 6.07) is 1.85. The molecule has 5 heteroatoms. The van der Waals surface area contributed by atoms with Gasteiger partial charge in [0.15, 0.2) is 17.9 Å². The second kappa shape index (κ2) is 3.27. The molecule has 76 valence electrons. The number of aromatic amines is 1. The van der Waals surface area contributed by atoms with Crippen LogP contribution in [0, 0.1) is 17.0 Å². The lowest BCUT2D eigenvalue weighted by molar-refractivity contribution is 0.112. The molecule has 0 saturated heterocycles. The maximum atomic E-state index is 12.9. The fourth-order valence-corrected chi connectivity index (χ4v) is 1.35. The number of carbonyl (C=O) groups is 1. The molecular weight excluding hydrogens is 202 g/mol. The molecule has 0 amide bonds. The van der Waals surface area contributed by atoms with Gasteiger partial charge in [0.25, 0.3) is 0 Å². The highest BCUT2D eigenvalue weighted by molar-refractivity contribution is 5.85. The second-order valence-corrected chi connectivity index (χ2v) is 3.05. The Bertz CT molecular complexity index is 604. The summed E-state index contributed by atoms with van der Waals surface area (Å²) in [5.74, 6) is -2.02. The van der Waals surface area contributed by atoms with Crippen LogP contribution in [0.1, 0.15) is 10.4 Å². The number of aldehydes is 1. The zero-order chi connectivity index (χ0) is 11.0. The summed E-state index contributed by atoms with van der Waals surface area (Å²) in [4.78, 5) is 13.1. The van der Waals surface area contributed by atoms with Gasteiger partial charge in [0.05, 0.1) is 16.4 Å². The van der Waals surface area contributed by atoms with E-state index in [1.54, 1.807) is 0 Å². The number of benzene rings is 1. The highest BCUT2D eigenvalue weighted by atomic mass is 19.2. The minimum atomic E-state index is -1.03. The van der Waals surface area contributed by atoms with E-state index in [4.69, 9.17) is 5.41 Å². The Labute approximate surface area is 82.9 Å². The Kier molecular flexibility index (Phi) is 2.07. The molecule has 0 unspecified atom stereocenters. The molecule has 0 aliphatic heterocycles. The van der Waals surface area contributed by atoms with Crippen LogP contribution in [-0.4, -0.2) is 11.3 Å². The van der Waals surface area contributed by atoms with Gasteiger partial charge in [0.1, 0.15) is 0 Å². The van der Waals surface area contributed by atoms with Crippen LogP contribution in [0.4, 0.5) is 8.78 Å². The summed E-state index contributed by atoms with van der Waals surface area (Å²) in [6.45, 7) is 0. The smallest absolute Gasteiger partial charge is 0.160 e. The number of nitrogens with one attached hydrogen (secondary N) is 2. The number of fused-ring (bicyclic) bond motifs is 1. The van der Waals surface area contributed by atoms with E-state index in [0.29, 0.717) is 6.29 Å². The highest BCUT2D eigenvalue weighted by Gasteiger charge is 2.07. The molecule has 15 heavy (non-hydrogen) atoms. The fourth-order valence-electron chi connectivity index (χ4n) is 1.35. The number of hydrogen-bond acceptors (Lipinski definition) is 2. The van der Waals surface area contributed by atoms with Crippen LogP contribution in [0.5, 0.6) is 0 Å². The number of hydrogen-bond donors (Lipinski definition) is 2. The van der Waals surface area contributed by atoms with E-state index in [1.165, 1.54) is 6.20 Å². The van der Waals surface area contributed by atoms with Gasteiger partial charge in [-0.3, -0.25) is 10.2 Å². The molecule has 0 fully saturated rings. The maximum absolute atomic E-state index is 12.9. The lowest BCUT2D eigenvalue weighted by Crippen LogP contribution is -2.10. The molecule has 0 aliphatic rings. The first kappa shape index (κ1) is 9.51. The molecule has 2 rings (SSSR count). The Morgan fingerprint density at radius 2 is 1.93 bits per heavy atom. The van der Waals surface area contributed by atoms with E-state index >= 15 is 0 Å². The van der Waals surface area contributed by atoms with E-state index in [1.807, 2.05) is 0 Å². The molecule has 0 saturated carbocycles. The summed E-state index contributed by atoms with van der Waals surface area (Å²) in [7, 11) is 0. The van der Waals surface area contributed by atoms with Crippen molar-refractivity contribution in [2.24, 2.45) is 0 Å². The van der Waals surface area contributed by atoms with Crippen molar-refractivity contribution in [3.8, 4) is 0 Å². The summed E-state index contributed by atoms with van der Waals surface area (Å²) >= 11 is 0. The van der Waals surface area contributed by atoms with Crippen molar-refractivity contribution in [3.05, 3.63) is 40.9 Å². The maximum Gasteiger partial charge on any atom is 0.160 e. The molecule has 0 radical (unpaired) electrons. The Balaban J connectivity index is 2.94. The molecule has 0 atom stereocenters.